The Morgan fingerprint density at radius 1 is 1.27 bits per heavy atom. The maximum Gasteiger partial charge on any atom is 0.330 e. The molecule has 30 heavy (non-hydrogen) atoms. The minimum Gasteiger partial charge on any atom is -0.383 e. The number of anilines is 2. The van der Waals surface area contributed by atoms with Crippen molar-refractivity contribution in [2.75, 3.05) is 24.2 Å². The fraction of sp³-hybridized carbons (Fsp3) is 0.429. The first-order chi connectivity index (χ1) is 14.3. The largest absolute Gasteiger partial charge is 0.383 e. The molecule has 160 valence electrons. The van der Waals surface area contributed by atoms with E-state index in [1.165, 1.54) is 11.6 Å². The van der Waals surface area contributed by atoms with E-state index >= 15 is 0 Å². The Morgan fingerprint density at radius 3 is 2.70 bits per heavy atom. The van der Waals surface area contributed by atoms with Gasteiger partial charge in [0.05, 0.1) is 0 Å². The molecular formula is C21H27N5O4. The highest BCUT2D eigenvalue weighted by Gasteiger charge is 2.23. The number of aromatic amines is 1. The van der Waals surface area contributed by atoms with Gasteiger partial charge in [0, 0.05) is 38.7 Å². The Morgan fingerprint density at radius 2 is 2.03 bits per heavy atom. The van der Waals surface area contributed by atoms with Gasteiger partial charge in [-0.25, -0.2) is 4.79 Å². The molecule has 9 heteroatoms. The van der Waals surface area contributed by atoms with Crippen LogP contribution in [0, 0.1) is 0 Å². The number of nitrogens with two attached hydrogens (primary N) is 1. The van der Waals surface area contributed by atoms with Gasteiger partial charge in [-0.1, -0.05) is 25.5 Å². The number of nitrogen functional groups attached to an aromatic ring is 1. The number of amides is 2. The van der Waals surface area contributed by atoms with E-state index in [4.69, 9.17) is 5.73 Å². The summed E-state index contributed by atoms with van der Waals surface area (Å²) in [5.74, 6) is -0.355. The van der Waals surface area contributed by atoms with E-state index < -0.39 is 17.2 Å². The predicted octanol–water partition coefficient (Wildman–Crippen LogP) is 1.32. The minimum atomic E-state index is -0.708. The van der Waals surface area contributed by atoms with Crippen LogP contribution in [0.1, 0.15) is 48.5 Å². The van der Waals surface area contributed by atoms with E-state index in [0.29, 0.717) is 38.0 Å². The molecule has 1 aromatic heterocycles. The van der Waals surface area contributed by atoms with Crippen molar-refractivity contribution in [2.45, 2.75) is 45.7 Å². The summed E-state index contributed by atoms with van der Waals surface area (Å²) in [6.45, 7) is 3.48. The van der Waals surface area contributed by atoms with Gasteiger partial charge in [-0.15, -0.1) is 0 Å². The molecular weight excluding hydrogens is 386 g/mol. The van der Waals surface area contributed by atoms with Crippen molar-refractivity contribution in [1.82, 2.24) is 14.5 Å². The highest BCUT2D eigenvalue weighted by molar-refractivity contribution is 6.06. The number of carbonyl (C=O) groups is 2. The van der Waals surface area contributed by atoms with Gasteiger partial charge in [0.2, 0.25) is 5.91 Å². The molecule has 0 aliphatic carbocycles. The molecule has 1 fully saturated rings. The molecule has 3 N–H and O–H groups in total. The quantitative estimate of drug-likeness (QED) is 0.709. The maximum atomic E-state index is 13.1. The number of rotatable bonds is 7. The predicted molar refractivity (Wildman–Crippen MR) is 114 cm³/mol. The zero-order chi connectivity index (χ0) is 21.8. The molecule has 0 bridgehead atoms. The van der Waals surface area contributed by atoms with E-state index in [0.717, 1.165) is 23.3 Å². The lowest BCUT2D eigenvalue weighted by Gasteiger charge is -2.21. The number of benzene rings is 1. The number of carbonyl (C=O) groups excluding carboxylic acids is 2. The number of aromatic nitrogens is 2. The summed E-state index contributed by atoms with van der Waals surface area (Å²) in [6, 6.07) is 6.95. The SMILES string of the molecule is CCCCn1c(N)c(N(C)C(=O)c2cccc(CN3CCCC3=O)c2)c(=O)[nH]c1=O. The molecule has 0 saturated carbocycles. The molecule has 0 atom stereocenters. The number of hydrogen-bond acceptors (Lipinski definition) is 5. The fourth-order valence-corrected chi connectivity index (χ4v) is 3.63. The normalized spacial score (nSPS) is 13.7. The highest BCUT2D eigenvalue weighted by Crippen LogP contribution is 2.20. The zero-order valence-corrected chi connectivity index (χ0v) is 17.3. The van der Waals surface area contributed by atoms with Crippen LogP contribution in [0.5, 0.6) is 0 Å². The molecule has 3 rings (SSSR count). The number of nitrogens with zero attached hydrogens (tertiary/aromatic N) is 3. The summed E-state index contributed by atoms with van der Waals surface area (Å²) in [4.78, 5) is 54.6. The Bertz CT molecular complexity index is 1070. The highest BCUT2D eigenvalue weighted by atomic mass is 16.2. The second-order valence-electron chi connectivity index (χ2n) is 7.48. The van der Waals surface area contributed by atoms with Crippen LogP contribution in [-0.4, -0.2) is 39.9 Å². The zero-order valence-electron chi connectivity index (χ0n) is 17.3. The van der Waals surface area contributed by atoms with E-state index in [2.05, 4.69) is 4.98 Å². The van der Waals surface area contributed by atoms with Crippen molar-refractivity contribution in [3.8, 4) is 0 Å². The van der Waals surface area contributed by atoms with Gasteiger partial charge in [-0.3, -0.25) is 23.9 Å². The third-order valence-electron chi connectivity index (χ3n) is 5.31. The summed E-state index contributed by atoms with van der Waals surface area (Å²) in [7, 11) is 1.45. The average Bonchev–Trinajstić information content (AvgIpc) is 3.11. The first-order valence-electron chi connectivity index (χ1n) is 10.1. The van der Waals surface area contributed by atoms with Crippen LogP contribution in [0.4, 0.5) is 11.5 Å². The van der Waals surface area contributed by atoms with Gasteiger partial charge in [0.1, 0.15) is 5.82 Å². The van der Waals surface area contributed by atoms with Gasteiger partial charge in [-0.2, -0.15) is 0 Å². The Kier molecular flexibility index (Phi) is 6.39. The van der Waals surface area contributed by atoms with Gasteiger partial charge >= 0.3 is 5.69 Å². The number of hydrogen-bond donors (Lipinski definition) is 2. The van der Waals surface area contributed by atoms with Gasteiger partial charge in [-0.05, 0) is 30.5 Å². The lowest BCUT2D eigenvalue weighted by molar-refractivity contribution is -0.128. The molecule has 2 aromatic rings. The maximum absolute atomic E-state index is 13.1. The fourth-order valence-electron chi connectivity index (χ4n) is 3.63. The molecule has 0 unspecified atom stereocenters. The monoisotopic (exact) mass is 413 g/mol. The van der Waals surface area contributed by atoms with E-state index in [-0.39, 0.29) is 17.4 Å². The summed E-state index contributed by atoms with van der Waals surface area (Å²) < 4.78 is 1.28. The van der Waals surface area contributed by atoms with Crippen molar-refractivity contribution < 1.29 is 9.59 Å². The van der Waals surface area contributed by atoms with Crippen LogP contribution in [0.3, 0.4) is 0 Å². The second-order valence-corrected chi connectivity index (χ2v) is 7.48. The number of likely N-dealkylation sites (tertiary alicyclic amines) is 1. The van der Waals surface area contributed by atoms with E-state index in [1.807, 2.05) is 13.0 Å². The molecule has 0 spiro atoms. The molecule has 1 aliphatic rings. The topological polar surface area (TPSA) is 121 Å². The minimum absolute atomic E-state index is 0.0353. The van der Waals surface area contributed by atoms with E-state index in [9.17, 15) is 19.2 Å². The number of nitrogens with one attached hydrogen (secondary N) is 1. The summed E-state index contributed by atoms with van der Waals surface area (Å²) in [5, 5.41) is 0. The van der Waals surface area contributed by atoms with Crippen LogP contribution in [0.2, 0.25) is 0 Å². The second kappa shape index (κ2) is 8.98. The van der Waals surface area contributed by atoms with Crippen molar-refractivity contribution >= 4 is 23.3 Å². The Labute approximate surface area is 174 Å². The average molecular weight is 413 g/mol. The number of unbranched alkanes of at least 4 members (excludes halogenated alkanes) is 1. The lowest BCUT2D eigenvalue weighted by Crippen LogP contribution is -2.39. The first-order valence-corrected chi connectivity index (χ1v) is 10.1. The molecule has 9 nitrogen and oxygen atoms in total. The molecule has 2 amide bonds. The third-order valence-corrected chi connectivity index (χ3v) is 5.31. The summed E-state index contributed by atoms with van der Waals surface area (Å²) >= 11 is 0. The van der Waals surface area contributed by atoms with Crippen LogP contribution in [0.25, 0.3) is 0 Å². The summed E-state index contributed by atoms with van der Waals surface area (Å²) in [5.41, 5.74) is 5.94. The molecule has 1 aliphatic heterocycles. The van der Waals surface area contributed by atoms with Crippen LogP contribution >= 0.6 is 0 Å². The van der Waals surface area contributed by atoms with Gasteiger partial charge in [0.25, 0.3) is 11.5 Å². The van der Waals surface area contributed by atoms with Gasteiger partial charge in [0.15, 0.2) is 5.69 Å². The van der Waals surface area contributed by atoms with Crippen molar-refractivity contribution in [3.05, 3.63) is 56.2 Å². The van der Waals surface area contributed by atoms with E-state index in [1.54, 1.807) is 23.1 Å². The van der Waals surface area contributed by atoms with Gasteiger partial charge < -0.3 is 15.5 Å². The van der Waals surface area contributed by atoms with Crippen LogP contribution in [0.15, 0.2) is 33.9 Å². The molecule has 0 radical (unpaired) electrons. The molecule has 1 saturated heterocycles. The van der Waals surface area contributed by atoms with Crippen LogP contribution in [-0.2, 0) is 17.9 Å². The van der Waals surface area contributed by atoms with Crippen molar-refractivity contribution in [2.24, 2.45) is 0 Å². The smallest absolute Gasteiger partial charge is 0.330 e. The summed E-state index contributed by atoms with van der Waals surface area (Å²) in [6.07, 6.45) is 2.96. The lowest BCUT2D eigenvalue weighted by atomic mass is 10.1. The standard InChI is InChI=1S/C21H27N5O4/c1-3-4-11-26-18(22)17(19(28)23-21(26)30)24(2)20(29)15-8-5-7-14(12-15)13-25-10-6-9-16(25)27/h5,7-8,12H,3-4,6,9-11,13,22H2,1-2H3,(H,23,28,30). The van der Waals surface area contributed by atoms with Crippen LogP contribution < -0.4 is 21.9 Å². The Hall–Kier alpha value is -3.36. The Balaban J connectivity index is 1.89. The van der Waals surface area contributed by atoms with Crippen molar-refractivity contribution in [3.63, 3.8) is 0 Å². The molecule has 1 aromatic carbocycles. The van der Waals surface area contributed by atoms with Crippen molar-refractivity contribution in [1.29, 1.82) is 0 Å². The third kappa shape index (κ3) is 4.29. The first kappa shape index (κ1) is 21.4. The molecule has 2 heterocycles. The number of H-pyrrole nitrogens is 1.